The van der Waals surface area contributed by atoms with Gasteiger partial charge in [0.25, 0.3) is 0 Å². The van der Waals surface area contributed by atoms with Crippen molar-refractivity contribution in [2.45, 2.75) is 41.5 Å². The molecule has 28 heavy (non-hydrogen) atoms. The molecule has 152 valence electrons. The van der Waals surface area contributed by atoms with E-state index in [0.29, 0.717) is 0 Å². The second-order valence-electron chi connectivity index (χ2n) is 6.42. The average molecular weight is 379 g/mol. The normalized spacial score (nSPS) is 9.79. The molecule has 0 fully saturated rings. The van der Waals surface area contributed by atoms with Crippen LogP contribution in [0.5, 0.6) is 0 Å². The number of benzene rings is 4. The summed E-state index contributed by atoms with van der Waals surface area (Å²) in [6.45, 7) is 12.0. The van der Waals surface area contributed by atoms with Gasteiger partial charge in [-0.25, -0.2) is 0 Å². The zero-order chi connectivity index (χ0) is 21.4. The van der Waals surface area contributed by atoms with Gasteiger partial charge in [-0.05, 0) is 45.1 Å². The van der Waals surface area contributed by atoms with Crippen LogP contribution in [0.25, 0.3) is 32.3 Å². The Morgan fingerprint density at radius 3 is 1.46 bits per heavy atom. The zero-order valence-corrected chi connectivity index (χ0v) is 19.5. The minimum absolute atomic E-state index is 1.25. The van der Waals surface area contributed by atoms with Crippen molar-refractivity contribution in [2.75, 3.05) is 38.0 Å². The third kappa shape index (κ3) is 4.32. The minimum atomic E-state index is 1.25. The lowest BCUT2D eigenvalue weighted by Gasteiger charge is -2.20. The van der Waals surface area contributed by atoms with Gasteiger partial charge in [-0.2, -0.15) is 0 Å². The van der Waals surface area contributed by atoms with Crippen LogP contribution in [0.3, 0.4) is 0 Å². The van der Waals surface area contributed by atoms with Crippen LogP contribution in [0.2, 0.25) is 0 Å². The Labute approximate surface area is 172 Å². The van der Waals surface area contributed by atoms with Gasteiger partial charge < -0.3 is 9.80 Å². The molecule has 0 bridgehead atoms. The van der Waals surface area contributed by atoms with E-state index in [1.165, 1.54) is 43.7 Å². The molecule has 0 aliphatic carbocycles. The highest BCUT2D eigenvalue weighted by Crippen LogP contribution is 2.39. The van der Waals surface area contributed by atoms with Crippen LogP contribution in [-0.4, -0.2) is 28.2 Å². The second kappa shape index (κ2) is 10.8. The van der Waals surface area contributed by atoms with Crippen molar-refractivity contribution in [3.63, 3.8) is 0 Å². The van der Waals surface area contributed by atoms with E-state index in [1.807, 2.05) is 41.5 Å². The van der Waals surface area contributed by atoms with Gasteiger partial charge in [0.2, 0.25) is 0 Å². The molecule has 0 aliphatic heterocycles. The van der Waals surface area contributed by atoms with Crippen molar-refractivity contribution in [3.8, 4) is 0 Å². The van der Waals surface area contributed by atoms with Gasteiger partial charge in [0.15, 0.2) is 0 Å². The maximum atomic E-state index is 2.28. The summed E-state index contributed by atoms with van der Waals surface area (Å²) < 4.78 is 0. The summed E-state index contributed by atoms with van der Waals surface area (Å²) in [6.07, 6.45) is 0. The Kier molecular flexibility index (Phi) is 9.05. The highest BCUT2D eigenvalue weighted by molar-refractivity contribution is 6.25. The molecule has 0 saturated carbocycles. The number of rotatable bonds is 2. The summed E-state index contributed by atoms with van der Waals surface area (Å²) >= 11 is 0. The molecule has 4 rings (SSSR count). The van der Waals surface area contributed by atoms with Gasteiger partial charge in [-0.15, -0.1) is 0 Å². The number of hydrogen-bond acceptors (Lipinski definition) is 2. The first-order chi connectivity index (χ1) is 13.6. The average Bonchev–Trinajstić information content (AvgIpc) is 2.75. The summed E-state index contributed by atoms with van der Waals surface area (Å²) in [5.74, 6) is 0. The standard InChI is InChI=1S/C20H20N2.3C2H6/c1-21(2)16-11-14-6-5-13-8-10-18(22(3)4)17-9-7-15(12-16)19(14)20(13)17;3*1-2/h5-12H,1-4H3;3*1-2H3. The van der Waals surface area contributed by atoms with Crippen LogP contribution in [0, 0.1) is 0 Å². The lowest BCUT2D eigenvalue weighted by Crippen LogP contribution is -2.09. The first-order valence-corrected chi connectivity index (χ1v) is 10.6. The molecule has 0 spiro atoms. The summed E-state index contributed by atoms with van der Waals surface area (Å²) in [7, 11) is 8.40. The van der Waals surface area contributed by atoms with Gasteiger partial charge in [0, 0.05) is 45.0 Å². The third-order valence-corrected chi connectivity index (χ3v) is 4.56. The van der Waals surface area contributed by atoms with Crippen LogP contribution in [0.4, 0.5) is 11.4 Å². The molecule has 0 radical (unpaired) electrons. The fourth-order valence-electron chi connectivity index (χ4n) is 3.44. The van der Waals surface area contributed by atoms with Crippen LogP contribution < -0.4 is 9.80 Å². The molecule has 0 atom stereocenters. The molecule has 0 amide bonds. The van der Waals surface area contributed by atoms with Gasteiger partial charge in [0.1, 0.15) is 0 Å². The molecule has 0 saturated heterocycles. The smallest absolute Gasteiger partial charge is 0.0441 e. The first kappa shape index (κ1) is 23.6. The van der Waals surface area contributed by atoms with E-state index in [2.05, 4.69) is 86.5 Å². The topological polar surface area (TPSA) is 6.48 Å². The molecule has 0 aromatic heterocycles. The Hall–Kier alpha value is -2.48. The van der Waals surface area contributed by atoms with E-state index >= 15 is 0 Å². The van der Waals surface area contributed by atoms with Crippen molar-refractivity contribution >= 4 is 43.7 Å². The molecule has 0 N–H and O–H groups in total. The fraction of sp³-hybridized carbons (Fsp3) is 0.385. The highest BCUT2D eigenvalue weighted by atomic mass is 15.1. The van der Waals surface area contributed by atoms with Crippen molar-refractivity contribution in [1.82, 2.24) is 0 Å². The van der Waals surface area contributed by atoms with Crippen molar-refractivity contribution in [1.29, 1.82) is 0 Å². The predicted molar refractivity (Wildman–Crippen MR) is 133 cm³/mol. The van der Waals surface area contributed by atoms with E-state index in [0.717, 1.165) is 0 Å². The summed E-state index contributed by atoms with van der Waals surface area (Å²) in [5, 5.41) is 8.04. The van der Waals surface area contributed by atoms with E-state index in [-0.39, 0.29) is 0 Å². The van der Waals surface area contributed by atoms with E-state index in [1.54, 1.807) is 0 Å². The summed E-state index contributed by atoms with van der Waals surface area (Å²) in [5.41, 5.74) is 2.53. The molecule has 0 unspecified atom stereocenters. The molecule has 0 heterocycles. The quantitative estimate of drug-likeness (QED) is 0.328. The first-order valence-electron chi connectivity index (χ1n) is 10.6. The Balaban J connectivity index is 0.000000599. The molecule has 4 aromatic rings. The lowest BCUT2D eigenvalue weighted by molar-refractivity contribution is 1.14. The Morgan fingerprint density at radius 1 is 0.500 bits per heavy atom. The maximum absolute atomic E-state index is 2.28. The zero-order valence-electron chi connectivity index (χ0n) is 19.5. The summed E-state index contributed by atoms with van der Waals surface area (Å²) in [4.78, 5) is 4.36. The number of anilines is 2. The third-order valence-electron chi connectivity index (χ3n) is 4.56. The van der Waals surface area contributed by atoms with Crippen LogP contribution in [0.1, 0.15) is 41.5 Å². The number of nitrogens with zero attached hydrogens (tertiary/aromatic N) is 2. The molecular formula is C26H38N2. The Bertz CT molecular complexity index is 965. The Morgan fingerprint density at radius 2 is 0.964 bits per heavy atom. The van der Waals surface area contributed by atoms with E-state index < -0.39 is 0 Å². The van der Waals surface area contributed by atoms with Crippen molar-refractivity contribution in [2.24, 2.45) is 0 Å². The monoisotopic (exact) mass is 378 g/mol. The van der Waals surface area contributed by atoms with Crippen LogP contribution in [-0.2, 0) is 0 Å². The maximum Gasteiger partial charge on any atom is 0.0441 e. The highest BCUT2D eigenvalue weighted by Gasteiger charge is 2.12. The van der Waals surface area contributed by atoms with Gasteiger partial charge >= 0.3 is 0 Å². The molecular weight excluding hydrogens is 340 g/mol. The van der Waals surface area contributed by atoms with E-state index in [9.17, 15) is 0 Å². The van der Waals surface area contributed by atoms with E-state index in [4.69, 9.17) is 0 Å². The lowest BCUT2D eigenvalue weighted by atomic mass is 9.93. The molecule has 2 heteroatoms. The van der Waals surface area contributed by atoms with Crippen LogP contribution >= 0.6 is 0 Å². The van der Waals surface area contributed by atoms with Crippen LogP contribution in [0.15, 0.2) is 48.5 Å². The van der Waals surface area contributed by atoms with Gasteiger partial charge in [-0.1, -0.05) is 71.9 Å². The summed E-state index contributed by atoms with van der Waals surface area (Å²) in [6, 6.07) is 18.0. The number of hydrogen-bond donors (Lipinski definition) is 0. The molecule has 4 aromatic carbocycles. The fourth-order valence-corrected chi connectivity index (χ4v) is 3.44. The molecule has 2 nitrogen and oxygen atoms in total. The SMILES string of the molecule is CC.CC.CC.CN(C)c1cc2ccc3ccc(N(C)C)c4ccc(c1)c2c34. The van der Waals surface area contributed by atoms with Crippen molar-refractivity contribution in [3.05, 3.63) is 48.5 Å². The largest absolute Gasteiger partial charge is 0.378 e. The van der Waals surface area contributed by atoms with Gasteiger partial charge in [-0.3, -0.25) is 0 Å². The molecule has 0 aliphatic rings. The van der Waals surface area contributed by atoms with Crippen molar-refractivity contribution < 1.29 is 0 Å². The second-order valence-corrected chi connectivity index (χ2v) is 6.42. The van der Waals surface area contributed by atoms with Gasteiger partial charge in [0.05, 0.1) is 0 Å². The minimum Gasteiger partial charge on any atom is -0.378 e. The predicted octanol–water partition coefficient (Wildman–Crippen LogP) is 7.79.